The first-order valence-corrected chi connectivity index (χ1v) is 9.74. The maximum absolute atomic E-state index is 12.7. The van der Waals surface area contributed by atoms with Crippen LogP contribution < -0.4 is 5.32 Å². The van der Waals surface area contributed by atoms with Crippen LogP contribution in [0, 0.1) is 0 Å². The molecule has 5 heteroatoms. The molecule has 1 aromatic heterocycles. The topological polar surface area (TPSA) is 71.7 Å². The first kappa shape index (κ1) is 22.0. The predicted molar refractivity (Wildman–Crippen MR) is 110 cm³/mol. The zero-order valence-electron chi connectivity index (χ0n) is 18.1. The zero-order valence-corrected chi connectivity index (χ0v) is 18.1. The van der Waals surface area contributed by atoms with Crippen molar-refractivity contribution in [3.8, 4) is 5.75 Å². The van der Waals surface area contributed by atoms with Crippen molar-refractivity contribution in [2.24, 2.45) is 0 Å². The third kappa shape index (κ3) is 5.16. The van der Waals surface area contributed by atoms with Gasteiger partial charge in [0.25, 0.3) is 0 Å². The van der Waals surface area contributed by atoms with Gasteiger partial charge in [-0.2, -0.15) is 0 Å². The molecule has 5 nitrogen and oxygen atoms in total. The Morgan fingerprint density at radius 2 is 1.71 bits per heavy atom. The molecular weight excluding hydrogens is 354 g/mol. The van der Waals surface area contributed by atoms with Crippen molar-refractivity contribution in [3.63, 3.8) is 0 Å². The zero-order chi connectivity index (χ0) is 21.1. The smallest absolute Gasteiger partial charge is 0.327 e. The molecular formula is C23H33NO4. The van der Waals surface area contributed by atoms with Gasteiger partial charge < -0.3 is 14.3 Å². The lowest BCUT2D eigenvalue weighted by atomic mass is 9.77. The number of furan rings is 1. The molecule has 0 spiro atoms. The first-order chi connectivity index (χ1) is 12.9. The Bertz CT molecular complexity index is 760. The van der Waals surface area contributed by atoms with E-state index in [0.29, 0.717) is 18.9 Å². The normalized spacial score (nSPS) is 13.4. The molecule has 0 fully saturated rings. The second-order valence-electron chi connectivity index (χ2n) is 9.16. The molecule has 2 N–H and O–H groups in total. The highest BCUT2D eigenvalue weighted by molar-refractivity contribution is 5.78. The summed E-state index contributed by atoms with van der Waals surface area (Å²) in [5, 5.41) is 14.2. The number of hydrogen-bond acceptors (Lipinski definition) is 5. The second-order valence-corrected chi connectivity index (χ2v) is 9.16. The first-order valence-electron chi connectivity index (χ1n) is 9.74. The molecule has 0 radical (unpaired) electrons. The lowest BCUT2D eigenvalue weighted by molar-refractivity contribution is -0.145. The minimum atomic E-state index is -0.641. The van der Waals surface area contributed by atoms with Crippen LogP contribution in [0.25, 0.3) is 0 Å². The largest absolute Gasteiger partial charge is 0.507 e. The molecule has 0 amide bonds. The molecule has 2 aromatic rings. The number of ether oxygens (including phenoxy) is 1. The molecule has 1 atom stereocenters. The fraction of sp³-hybridized carbons (Fsp3) is 0.522. The molecule has 1 heterocycles. The van der Waals surface area contributed by atoms with Crippen molar-refractivity contribution in [2.45, 2.75) is 71.9 Å². The van der Waals surface area contributed by atoms with Gasteiger partial charge in [0, 0.05) is 12.1 Å². The summed E-state index contributed by atoms with van der Waals surface area (Å²) in [6, 6.07) is 5.04. The number of nitrogens with one attached hydrogen (secondary N) is 1. The Morgan fingerprint density at radius 1 is 1.14 bits per heavy atom. The van der Waals surface area contributed by atoms with E-state index in [9.17, 15) is 9.90 Å². The summed E-state index contributed by atoms with van der Waals surface area (Å²) in [5.41, 5.74) is 2.81. The highest BCUT2D eigenvalue weighted by Gasteiger charge is 2.30. The van der Waals surface area contributed by atoms with Crippen LogP contribution in [0.2, 0.25) is 0 Å². The number of phenols is 1. The molecule has 0 bridgehead atoms. The minimum absolute atomic E-state index is 0.274. The number of benzene rings is 1. The fourth-order valence-electron chi connectivity index (χ4n) is 3.14. The molecule has 28 heavy (non-hydrogen) atoms. The molecule has 0 aliphatic heterocycles. The van der Waals surface area contributed by atoms with Crippen LogP contribution in [0.15, 0.2) is 35.1 Å². The molecule has 1 unspecified atom stereocenters. The van der Waals surface area contributed by atoms with E-state index < -0.39 is 6.04 Å². The van der Waals surface area contributed by atoms with Crippen molar-refractivity contribution in [3.05, 3.63) is 53.0 Å². The molecule has 154 valence electrons. The molecule has 0 saturated heterocycles. The highest BCUT2D eigenvalue weighted by atomic mass is 16.5. The van der Waals surface area contributed by atoms with Gasteiger partial charge in [0.05, 0.1) is 19.1 Å². The summed E-state index contributed by atoms with van der Waals surface area (Å²) in [5.74, 6) is -0.0439. The van der Waals surface area contributed by atoms with Crippen LogP contribution in [-0.2, 0) is 26.9 Å². The molecule has 1 aromatic carbocycles. The van der Waals surface area contributed by atoms with Crippen molar-refractivity contribution in [1.82, 2.24) is 5.32 Å². The van der Waals surface area contributed by atoms with Gasteiger partial charge in [-0.05, 0) is 52.6 Å². The minimum Gasteiger partial charge on any atom is -0.507 e. The van der Waals surface area contributed by atoms with Crippen LogP contribution >= 0.6 is 0 Å². The number of rotatable bonds is 6. The maximum Gasteiger partial charge on any atom is 0.327 e. The fourth-order valence-corrected chi connectivity index (χ4v) is 3.14. The summed E-state index contributed by atoms with van der Waals surface area (Å²) in [6.45, 7) is 14.9. The van der Waals surface area contributed by atoms with Crippen molar-refractivity contribution < 1.29 is 19.1 Å². The summed E-state index contributed by atoms with van der Waals surface area (Å²) in [6.07, 6.45) is 3.25. The van der Waals surface area contributed by atoms with E-state index in [1.165, 1.54) is 0 Å². The SMILES string of the molecule is CCOC(=O)C(NCc1ccoc1)c1cc(C(C)(C)C)c(O)c(C(C)(C)C)c1. The molecule has 0 aliphatic carbocycles. The van der Waals surface area contributed by atoms with Gasteiger partial charge >= 0.3 is 5.97 Å². The summed E-state index contributed by atoms with van der Waals surface area (Å²) in [4.78, 5) is 12.7. The van der Waals surface area contributed by atoms with Crippen molar-refractivity contribution in [2.75, 3.05) is 6.61 Å². The summed E-state index contributed by atoms with van der Waals surface area (Å²) < 4.78 is 10.4. The van der Waals surface area contributed by atoms with E-state index in [4.69, 9.17) is 9.15 Å². The van der Waals surface area contributed by atoms with Gasteiger partial charge in [0.2, 0.25) is 0 Å². The second kappa shape index (κ2) is 8.39. The third-order valence-electron chi connectivity index (χ3n) is 4.69. The van der Waals surface area contributed by atoms with Gasteiger partial charge in [0.15, 0.2) is 0 Å². The Kier molecular flexibility index (Phi) is 6.60. The van der Waals surface area contributed by atoms with E-state index in [2.05, 4.69) is 46.9 Å². The van der Waals surface area contributed by atoms with Gasteiger partial charge in [-0.25, -0.2) is 4.79 Å². The van der Waals surface area contributed by atoms with E-state index in [-0.39, 0.29) is 16.8 Å². The monoisotopic (exact) mass is 387 g/mol. The van der Waals surface area contributed by atoms with Gasteiger partial charge in [-0.3, -0.25) is 5.32 Å². The summed E-state index contributed by atoms with van der Waals surface area (Å²) >= 11 is 0. The van der Waals surface area contributed by atoms with Crippen LogP contribution in [0.3, 0.4) is 0 Å². The Morgan fingerprint density at radius 3 is 2.14 bits per heavy atom. The highest BCUT2D eigenvalue weighted by Crippen LogP contribution is 2.41. The Balaban J connectivity index is 2.55. The number of aromatic hydroxyl groups is 1. The number of carbonyl (C=O) groups excluding carboxylic acids is 1. The lowest BCUT2D eigenvalue weighted by Gasteiger charge is -2.29. The van der Waals surface area contributed by atoms with Crippen LogP contribution in [0.1, 0.15) is 76.8 Å². The van der Waals surface area contributed by atoms with Crippen LogP contribution in [-0.4, -0.2) is 17.7 Å². The molecule has 0 saturated carbocycles. The predicted octanol–water partition coefficient (Wildman–Crippen LogP) is 4.97. The van der Waals surface area contributed by atoms with E-state index in [1.54, 1.807) is 19.5 Å². The van der Waals surface area contributed by atoms with E-state index in [1.807, 2.05) is 18.2 Å². The third-order valence-corrected chi connectivity index (χ3v) is 4.69. The number of carbonyl (C=O) groups is 1. The van der Waals surface area contributed by atoms with Gasteiger partial charge in [0.1, 0.15) is 11.8 Å². The van der Waals surface area contributed by atoms with Crippen LogP contribution in [0.5, 0.6) is 5.75 Å². The standard InChI is InChI=1S/C23H33NO4/c1-8-28-21(26)19(24-13-15-9-10-27-14-15)16-11-17(22(2,3)4)20(25)18(12-16)23(5,6)7/h9-12,14,19,24-25H,8,13H2,1-7H3. The average Bonchev–Trinajstić information content (AvgIpc) is 3.07. The van der Waals surface area contributed by atoms with Crippen molar-refractivity contribution in [1.29, 1.82) is 0 Å². The van der Waals surface area contributed by atoms with Gasteiger partial charge in [-0.1, -0.05) is 41.5 Å². The number of hydrogen-bond donors (Lipinski definition) is 2. The quantitative estimate of drug-likeness (QED) is 0.685. The molecule has 2 rings (SSSR count). The Labute approximate surface area is 168 Å². The summed E-state index contributed by atoms with van der Waals surface area (Å²) in [7, 11) is 0. The average molecular weight is 388 g/mol. The number of phenolic OH excluding ortho intramolecular Hbond substituents is 1. The van der Waals surface area contributed by atoms with Crippen LogP contribution in [0.4, 0.5) is 0 Å². The lowest BCUT2D eigenvalue weighted by Crippen LogP contribution is -2.31. The van der Waals surface area contributed by atoms with E-state index >= 15 is 0 Å². The Hall–Kier alpha value is -2.27. The van der Waals surface area contributed by atoms with Gasteiger partial charge in [-0.15, -0.1) is 0 Å². The molecule has 0 aliphatic rings. The van der Waals surface area contributed by atoms with E-state index in [0.717, 1.165) is 22.3 Å². The number of esters is 1. The maximum atomic E-state index is 12.7. The van der Waals surface area contributed by atoms with Crippen molar-refractivity contribution >= 4 is 5.97 Å².